The molecule has 29 heavy (non-hydrogen) atoms. The van der Waals surface area contributed by atoms with Crippen molar-refractivity contribution in [2.75, 3.05) is 0 Å². The molecule has 0 spiro atoms. The fourth-order valence-electron chi connectivity index (χ4n) is 2.94. The highest BCUT2D eigenvalue weighted by molar-refractivity contribution is 6.00. The van der Waals surface area contributed by atoms with Crippen LogP contribution in [0, 0.1) is 6.92 Å². The average Bonchev–Trinajstić information content (AvgIpc) is 3.42. The first kappa shape index (κ1) is 18.2. The van der Waals surface area contributed by atoms with E-state index in [1.807, 2.05) is 73.9 Å². The van der Waals surface area contributed by atoms with Crippen molar-refractivity contribution in [3.05, 3.63) is 102 Å². The molecule has 2 aromatic carbocycles. The fourth-order valence-corrected chi connectivity index (χ4v) is 2.94. The van der Waals surface area contributed by atoms with Crippen LogP contribution < -0.4 is 10.9 Å². The molecule has 0 aliphatic heterocycles. The van der Waals surface area contributed by atoms with Crippen LogP contribution in [0.3, 0.4) is 0 Å². The fraction of sp³-hybridized carbons (Fsp3) is 0.0455. The van der Waals surface area contributed by atoms with E-state index in [2.05, 4.69) is 16.0 Å². The van der Waals surface area contributed by atoms with Crippen LogP contribution >= 0.6 is 0 Å². The number of benzene rings is 2. The summed E-state index contributed by atoms with van der Waals surface area (Å²) in [5, 5.41) is 4.38. The summed E-state index contributed by atoms with van der Waals surface area (Å²) in [6.45, 7) is 1.94. The summed E-state index contributed by atoms with van der Waals surface area (Å²) in [7, 11) is 0. The second-order valence-electron chi connectivity index (χ2n) is 6.49. The average molecular weight is 385 g/mol. The number of nitrogens with one attached hydrogen (secondary N) is 2. The van der Waals surface area contributed by atoms with Crippen molar-refractivity contribution >= 4 is 11.8 Å². The lowest BCUT2D eigenvalue weighted by Gasteiger charge is -2.11. The van der Waals surface area contributed by atoms with Gasteiger partial charge in [0.05, 0.1) is 11.9 Å². The second kappa shape index (κ2) is 7.85. The summed E-state index contributed by atoms with van der Waals surface area (Å²) >= 11 is 0. The topological polar surface area (TPSA) is 81.0 Å². The van der Waals surface area contributed by atoms with E-state index in [1.165, 1.54) is 6.20 Å². The third-order valence-electron chi connectivity index (χ3n) is 4.44. The van der Waals surface area contributed by atoms with E-state index >= 15 is 0 Å². The van der Waals surface area contributed by atoms with Gasteiger partial charge in [0.2, 0.25) is 0 Å². The standard InChI is InChI=1S/C22H19N5O2/c1-16-9-11-17(12-10-16)20(28)24-25-21(29)19-15-23-27(18-7-3-2-4-8-18)22(19)26-13-5-6-14-26/h2-15H,1H3,(H,24,28)(H,25,29). The van der Waals surface area contributed by atoms with Gasteiger partial charge in [-0.15, -0.1) is 0 Å². The number of carbonyl (C=O) groups is 2. The van der Waals surface area contributed by atoms with Crippen molar-refractivity contribution in [1.82, 2.24) is 25.2 Å². The summed E-state index contributed by atoms with van der Waals surface area (Å²) in [6, 6.07) is 20.3. The van der Waals surface area contributed by atoms with Gasteiger partial charge in [-0.1, -0.05) is 35.9 Å². The smallest absolute Gasteiger partial charge is 0.275 e. The molecule has 2 N–H and O–H groups in total. The Morgan fingerprint density at radius 2 is 1.48 bits per heavy atom. The molecule has 0 saturated carbocycles. The molecule has 4 aromatic rings. The van der Waals surface area contributed by atoms with Gasteiger partial charge in [0.15, 0.2) is 5.82 Å². The molecule has 0 aliphatic rings. The molecular weight excluding hydrogens is 366 g/mol. The maximum Gasteiger partial charge on any atom is 0.275 e. The van der Waals surface area contributed by atoms with E-state index in [1.54, 1.807) is 21.4 Å². The minimum atomic E-state index is -0.462. The Bertz CT molecular complexity index is 1130. The van der Waals surface area contributed by atoms with E-state index in [9.17, 15) is 9.59 Å². The Balaban J connectivity index is 1.59. The number of rotatable bonds is 4. The minimum absolute atomic E-state index is 0.328. The van der Waals surface area contributed by atoms with E-state index in [-0.39, 0.29) is 0 Å². The monoisotopic (exact) mass is 385 g/mol. The van der Waals surface area contributed by atoms with Crippen LogP contribution in [0.2, 0.25) is 0 Å². The number of aromatic nitrogens is 3. The highest BCUT2D eigenvalue weighted by Gasteiger charge is 2.20. The third kappa shape index (κ3) is 3.79. The van der Waals surface area contributed by atoms with Gasteiger partial charge in [-0.2, -0.15) is 5.10 Å². The van der Waals surface area contributed by atoms with Crippen molar-refractivity contribution in [3.8, 4) is 11.5 Å². The molecule has 0 fully saturated rings. The third-order valence-corrected chi connectivity index (χ3v) is 4.44. The zero-order valence-corrected chi connectivity index (χ0v) is 15.7. The molecular formula is C22H19N5O2. The molecule has 4 rings (SSSR count). The van der Waals surface area contributed by atoms with Gasteiger partial charge < -0.3 is 4.57 Å². The van der Waals surface area contributed by atoms with Crippen LogP contribution in [0.25, 0.3) is 11.5 Å². The maximum atomic E-state index is 12.8. The Morgan fingerprint density at radius 1 is 0.828 bits per heavy atom. The second-order valence-corrected chi connectivity index (χ2v) is 6.49. The number of hydrazine groups is 1. The molecule has 7 nitrogen and oxygen atoms in total. The van der Waals surface area contributed by atoms with E-state index in [0.29, 0.717) is 16.9 Å². The summed E-state index contributed by atoms with van der Waals surface area (Å²) in [6.07, 6.45) is 5.14. The number of hydrogen-bond donors (Lipinski definition) is 2. The first-order valence-electron chi connectivity index (χ1n) is 9.07. The van der Waals surface area contributed by atoms with Crippen LogP contribution in [-0.2, 0) is 0 Å². The SMILES string of the molecule is Cc1ccc(C(=O)NNC(=O)c2cnn(-c3ccccc3)c2-n2cccc2)cc1. The number of nitrogens with zero attached hydrogens (tertiary/aromatic N) is 3. The van der Waals surface area contributed by atoms with Gasteiger partial charge in [-0.05, 0) is 43.3 Å². The predicted octanol–water partition coefficient (Wildman–Crippen LogP) is 3.05. The molecule has 2 heterocycles. The molecule has 0 bridgehead atoms. The molecule has 2 amide bonds. The number of hydrogen-bond acceptors (Lipinski definition) is 3. The predicted molar refractivity (Wildman–Crippen MR) is 109 cm³/mol. The normalized spacial score (nSPS) is 10.5. The zero-order chi connectivity index (χ0) is 20.2. The quantitative estimate of drug-likeness (QED) is 0.530. The van der Waals surface area contributed by atoms with Crippen molar-refractivity contribution in [1.29, 1.82) is 0 Å². The van der Waals surface area contributed by atoms with Crippen LogP contribution in [-0.4, -0.2) is 26.2 Å². The molecule has 0 saturated heterocycles. The molecule has 0 aliphatic carbocycles. The van der Waals surface area contributed by atoms with Gasteiger partial charge in [0.1, 0.15) is 5.56 Å². The van der Waals surface area contributed by atoms with E-state index < -0.39 is 11.8 Å². The van der Waals surface area contributed by atoms with Gasteiger partial charge in [0.25, 0.3) is 11.8 Å². The Morgan fingerprint density at radius 3 is 2.17 bits per heavy atom. The molecule has 0 radical (unpaired) electrons. The summed E-state index contributed by atoms with van der Waals surface area (Å²) in [5.74, 6) is -0.282. The van der Waals surface area contributed by atoms with Gasteiger partial charge in [-0.3, -0.25) is 20.4 Å². The Labute approximate surface area is 167 Å². The highest BCUT2D eigenvalue weighted by Crippen LogP contribution is 2.19. The van der Waals surface area contributed by atoms with Gasteiger partial charge in [0, 0.05) is 18.0 Å². The van der Waals surface area contributed by atoms with Crippen LogP contribution in [0.4, 0.5) is 0 Å². The van der Waals surface area contributed by atoms with Gasteiger partial charge >= 0.3 is 0 Å². The van der Waals surface area contributed by atoms with Crippen molar-refractivity contribution < 1.29 is 9.59 Å². The van der Waals surface area contributed by atoms with Crippen LogP contribution in [0.5, 0.6) is 0 Å². The van der Waals surface area contributed by atoms with Crippen molar-refractivity contribution in [2.24, 2.45) is 0 Å². The lowest BCUT2D eigenvalue weighted by molar-refractivity contribution is 0.0846. The molecule has 2 aromatic heterocycles. The van der Waals surface area contributed by atoms with Crippen molar-refractivity contribution in [2.45, 2.75) is 6.92 Å². The maximum absolute atomic E-state index is 12.8. The summed E-state index contributed by atoms with van der Waals surface area (Å²) in [5.41, 5.74) is 7.58. The summed E-state index contributed by atoms with van der Waals surface area (Å²) < 4.78 is 3.48. The largest absolute Gasteiger partial charge is 0.308 e. The molecule has 0 atom stereocenters. The molecule has 144 valence electrons. The lowest BCUT2D eigenvalue weighted by Crippen LogP contribution is -2.41. The zero-order valence-electron chi connectivity index (χ0n) is 15.7. The van der Waals surface area contributed by atoms with E-state index in [4.69, 9.17) is 0 Å². The Hall–Kier alpha value is -4.13. The number of aryl methyl sites for hydroxylation is 1. The highest BCUT2D eigenvalue weighted by atomic mass is 16.2. The van der Waals surface area contributed by atoms with E-state index in [0.717, 1.165) is 11.3 Å². The first-order chi connectivity index (χ1) is 14.1. The van der Waals surface area contributed by atoms with Gasteiger partial charge in [-0.25, -0.2) is 4.68 Å². The number of amides is 2. The minimum Gasteiger partial charge on any atom is -0.308 e. The molecule has 0 unspecified atom stereocenters. The number of para-hydroxylation sites is 1. The van der Waals surface area contributed by atoms with Crippen molar-refractivity contribution in [3.63, 3.8) is 0 Å². The first-order valence-corrected chi connectivity index (χ1v) is 9.07. The van der Waals surface area contributed by atoms with Crippen LogP contribution in [0.1, 0.15) is 26.3 Å². The molecule has 7 heteroatoms. The Kier molecular flexibility index (Phi) is 4.94. The number of carbonyl (C=O) groups excluding carboxylic acids is 2. The van der Waals surface area contributed by atoms with Crippen LogP contribution in [0.15, 0.2) is 85.3 Å². The lowest BCUT2D eigenvalue weighted by atomic mass is 10.1. The summed E-state index contributed by atoms with van der Waals surface area (Å²) in [4.78, 5) is 25.1.